The Labute approximate surface area is 136 Å². The van der Waals surface area contributed by atoms with E-state index in [-0.39, 0.29) is 16.5 Å². The van der Waals surface area contributed by atoms with Gasteiger partial charge in [-0.2, -0.15) is 0 Å². The second-order valence-electron chi connectivity index (χ2n) is 5.95. The number of likely N-dealkylation sites (tertiary alicyclic amines) is 1. The minimum atomic E-state index is 0.0218. The fraction of sp³-hybridized carbons (Fsp3) is 0.588. The highest BCUT2D eigenvalue weighted by molar-refractivity contribution is 8.01. The molecule has 120 valence electrons. The number of rotatable bonds is 5. The van der Waals surface area contributed by atoms with Gasteiger partial charge in [0.15, 0.2) is 0 Å². The summed E-state index contributed by atoms with van der Waals surface area (Å²) in [5, 5.41) is 0.0924. The molecule has 5 heteroatoms. The zero-order chi connectivity index (χ0) is 15.5. The van der Waals surface area contributed by atoms with Crippen molar-refractivity contribution in [1.29, 1.82) is 0 Å². The summed E-state index contributed by atoms with van der Waals surface area (Å²) in [6.07, 6.45) is 2.57. The molecule has 2 heterocycles. The highest BCUT2D eigenvalue weighted by Gasteiger charge is 2.39. The van der Waals surface area contributed by atoms with Crippen LogP contribution in [0, 0.1) is 0 Å². The summed E-state index contributed by atoms with van der Waals surface area (Å²) >= 11 is 1.72. The first-order valence-electron chi connectivity index (χ1n) is 8.02. The van der Waals surface area contributed by atoms with Crippen molar-refractivity contribution in [3.63, 3.8) is 0 Å². The molecular formula is C17H24N2O2S. The largest absolute Gasteiger partial charge is 0.496 e. The predicted molar refractivity (Wildman–Crippen MR) is 90.2 cm³/mol. The van der Waals surface area contributed by atoms with Crippen LogP contribution in [0.5, 0.6) is 5.75 Å². The van der Waals surface area contributed by atoms with Crippen LogP contribution in [0.25, 0.3) is 0 Å². The van der Waals surface area contributed by atoms with E-state index in [9.17, 15) is 4.79 Å². The molecule has 4 nitrogen and oxygen atoms in total. The van der Waals surface area contributed by atoms with E-state index in [1.807, 2.05) is 30.0 Å². The smallest absolute Gasteiger partial charge is 0.236 e. The van der Waals surface area contributed by atoms with E-state index in [1.165, 1.54) is 25.9 Å². The van der Waals surface area contributed by atoms with Gasteiger partial charge in [0, 0.05) is 18.7 Å². The highest BCUT2D eigenvalue weighted by Crippen LogP contribution is 2.45. The lowest BCUT2D eigenvalue weighted by Crippen LogP contribution is -2.37. The topological polar surface area (TPSA) is 32.8 Å². The molecule has 0 aliphatic carbocycles. The number of para-hydroxylation sites is 1. The number of carbonyl (C=O) groups is 1. The third-order valence-electron chi connectivity index (χ3n) is 4.51. The maximum Gasteiger partial charge on any atom is 0.236 e. The lowest BCUT2D eigenvalue weighted by molar-refractivity contribution is -0.130. The van der Waals surface area contributed by atoms with Crippen molar-refractivity contribution in [2.45, 2.75) is 30.4 Å². The Balaban J connectivity index is 1.76. The number of thioether (sulfide) groups is 1. The van der Waals surface area contributed by atoms with Crippen LogP contribution in [0.15, 0.2) is 24.3 Å². The van der Waals surface area contributed by atoms with Gasteiger partial charge in [0.25, 0.3) is 0 Å². The maximum absolute atomic E-state index is 12.5. The Kier molecular flexibility index (Phi) is 4.93. The number of ether oxygens (including phenoxy) is 1. The molecule has 2 fully saturated rings. The van der Waals surface area contributed by atoms with Gasteiger partial charge in [-0.3, -0.25) is 4.79 Å². The van der Waals surface area contributed by atoms with Crippen molar-refractivity contribution in [3.05, 3.63) is 29.8 Å². The summed E-state index contributed by atoms with van der Waals surface area (Å²) in [6.45, 7) is 6.13. The third-order valence-corrected chi connectivity index (χ3v) is 5.88. The average molecular weight is 320 g/mol. The van der Waals surface area contributed by atoms with Gasteiger partial charge >= 0.3 is 0 Å². The first-order valence-corrected chi connectivity index (χ1v) is 8.96. The molecule has 0 bridgehead atoms. The first kappa shape index (κ1) is 15.7. The first-order chi connectivity index (χ1) is 10.7. The van der Waals surface area contributed by atoms with Gasteiger partial charge in [0.05, 0.1) is 12.4 Å². The van der Waals surface area contributed by atoms with Gasteiger partial charge in [-0.1, -0.05) is 18.2 Å². The second-order valence-corrected chi connectivity index (χ2v) is 7.38. The minimum Gasteiger partial charge on any atom is -0.496 e. The van der Waals surface area contributed by atoms with Crippen molar-refractivity contribution in [1.82, 2.24) is 9.80 Å². The molecule has 2 aliphatic heterocycles. The van der Waals surface area contributed by atoms with Gasteiger partial charge in [0.2, 0.25) is 5.91 Å². The van der Waals surface area contributed by atoms with E-state index >= 15 is 0 Å². The van der Waals surface area contributed by atoms with Crippen LogP contribution in [0.1, 0.15) is 30.7 Å². The minimum absolute atomic E-state index is 0.0218. The molecule has 0 spiro atoms. The molecule has 0 N–H and O–H groups in total. The fourth-order valence-electron chi connectivity index (χ4n) is 3.27. The van der Waals surface area contributed by atoms with Crippen LogP contribution in [-0.2, 0) is 4.79 Å². The molecule has 2 saturated heterocycles. The van der Waals surface area contributed by atoms with Gasteiger partial charge in [0.1, 0.15) is 11.1 Å². The zero-order valence-corrected chi connectivity index (χ0v) is 14.1. The molecule has 0 unspecified atom stereocenters. The van der Waals surface area contributed by atoms with Gasteiger partial charge in [-0.25, -0.2) is 0 Å². The van der Waals surface area contributed by atoms with Gasteiger partial charge in [-0.05, 0) is 38.9 Å². The Bertz CT molecular complexity index is 531. The van der Waals surface area contributed by atoms with E-state index in [1.54, 1.807) is 18.9 Å². The number of amides is 1. The van der Waals surface area contributed by atoms with Crippen molar-refractivity contribution >= 4 is 17.7 Å². The van der Waals surface area contributed by atoms with E-state index in [0.717, 1.165) is 24.4 Å². The third kappa shape index (κ3) is 3.10. The van der Waals surface area contributed by atoms with E-state index in [2.05, 4.69) is 11.0 Å². The summed E-state index contributed by atoms with van der Waals surface area (Å²) in [7, 11) is 1.69. The number of hydrogen-bond acceptors (Lipinski definition) is 4. The normalized spacial score (nSPS) is 25.9. The number of carbonyl (C=O) groups excluding carboxylic acids is 1. The van der Waals surface area contributed by atoms with Crippen LogP contribution >= 0.6 is 11.8 Å². The Morgan fingerprint density at radius 1 is 1.23 bits per heavy atom. The molecule has 0 saturated carbocycles. The molecule has 1 aromatic carbocycles. The summed E-state index contributed by atoms with van der Waals surface area (Å²) in [4.78, 5) is 17.0. The molecule has 1 amide bonds. The van der Waals surface area contributed by atoms with Gasteiger partial charge in [-0.15, -0.1) is 11.8 Å². The quantitative estimate of drug-likeness (QED) is 0.835. The molecule has 0 radical (unpaired) electrons. The average Bonchev–Trinajstić information content (AvgIpc) is 3.15. The predicted octanol–water partition coefficient (Wildman–Crippen LogP) is 2.75. The number of methoxy groups -OCH3 is 1. The van der Waals surface area contributed by atoms with Gasteiger partial charge < -0.3 is 14.5 Å². The molecule has 1 aromatic rings. The van der Waals surface area contributed by atoms with Crippen LogP contribution in [0.2, 0.25) is 0 Å². The lowest BCUT2D eigenvalue weighted by atomic mass is 10.1. The SMILES string of the molecule is COc1ccccc1[C@H]1S[C@@H](C)C(=O)N1CCN1CCCC1. The van der Waals surface area contributed by atoms with Crippen LogP contribution in [0.3, 0.4) is 0 Å². The van der Waals surface area contributed by atoms with E-state index in [4.69, 9.17) is 4.74 Å². The van der Waals surface area contributed by atoms with Crippen molar-refractivity contribution in [3.8, 4) is 5.75 Å². The molecule has 2 aliphatic rings. The molecule has 22 heavy (non-hydrogen) atoms. The van der Waals surface area contributed by atoms with E-state index < -0.39 is 0 Å². The van der Waals surface area contributed by atoms with E-state index in [0.29, 0.717) is 0 Å². The molecular weight excluding hydrogens is 296 g/mol. The highest BCUT2D eigenvalue weighted by atomic mass is 32.2. The van der Waals surface area contributed by atoms with Crippen LogP contribution < -0.4 is 4.74 Å². The molecule has 3 rings (SSSR count). The lowest BCUT2D eigenvalue weighted by Gasteiger charge is -2.27. The monoisotopic (exact) mass is 320 g/mol. The summed E-state index contributed by atoms with van der Waals surface area (Å²) < 4.78 is 5.49. The van der Waals surface area contributed by atoms with Crippen LogP contribution in [0.4, 0.5) is 0 Å². The summed E-state index contributed by atoms with van der Waals surface area (Å²) in [5.74, 6) is 1.12. The molecule has 0 aromatic heterocycles. The summed E-state index contributed by atoms with van der Waals surface area (Å²) in [5.41, 5.74) is 1.11. The van der Waals surface area contributed by atoms with Crippen molar-refractivity contribution < 1.29 is 9.53 Å². The Morgan fingerprint density at radius 2 is 1.95 bits per heavy atom. The van der Waals surface area contributed by atoms with Crippen molar-refractivity contribution in [2.24, 2.45) is 0 Å². The van der Waals surface area contributed by atoms with Crippen molar-refractivity contribution in [2.75, 3.05) is 33.3 Å². The van der Waals surface area contributed by atoms with Crippen LogP contribution in [-0.4, -0.2) is 54.2 Å². The Hall–Kier alpha value is -1.20. The maximum atomic E-state index is 12.5. The Morgan fingerprint density at radius 3 is 2.68 bits per heavy atom. The number of nitrogens with zero attached hydrogens (tertiary/aromatic N) is 2. The standard InChI is InChI=1S/C17H24N2O2S/c1-13-16(20)19(12-11-18-9-5-6-10-18)17(22-13)14-7-3-4-8-15(14)21-2/h3-4,7-8,13,17H,5-6,9-12H2,1-2H3/t13-,17+/m0/s1. The fourth-order valence-corrected chi connectivity index (χ4v) is 4.60. The second kappa shape index (κ2) is 6.92. The number of benzene rings is 1. The number of hydrogen-bond donors (Lipinski definition) is 0. The molecule has 2 atom stereocenters. The summed E-state index contributed by atoms with van der Waals surface area (Å²) in [6, 6.07) is 8.04. The zero-order valence-electron chi connectivity index (χ0n) is 13.3.